The van der Waals surface area contributed by atoms with Crippen molar-refractivity contribution in [3.63, 3.8) is 0 Å². The minimum Gasteiger partial charge on any atom is -0.480 e. The van der Waals surface area contributed by atoms with Crippen molar-refractivity contribution in [2.45, 2.75) is 12.5 Å². The Balaban J connectivity index is 2.07. The topological polar surface area (TPSA) is 95.9 Å². The smallest absolute Gasteiger partial charge is 0.322 e. The van der Waals surface area contributed by atoms with Gasteiger partial charge in [0.05, 0.1) is 13.2 Å². The minimum atomic E-state index is -3.83. The zero-order valence-electron chi connectivity index (χ0n) is 11.4. The van der Waals surface area contributed by atoms with Gasteiger partial charge in [0.15, 0.2) is 0 Å². The number of benzene rings is 1. The number of carboxylic acid groups (broad SMARTS) is 1. The first-order chi connectivity index (χ1) is 9.99. The van der Waals surface area contributed by atoms with E-state index in [4.69, 9.17) is 4.74 Å². The lowest BCUT2D eigenvalue weighted by atomic mass is 10.1. The van der Waals surface area contributed by atoms with Crippen LogP contribution >= 0.6 is 0 Å². The van der Waals surface area contributed by atoms with Gasteiger partial charge in [-0.15, -0.1) is 0 Å². The molecule has 2 N–H and O–H groups in total. The van der Waals surface area contributed by atoms with Gasteiger partial charge in [-0.1, -0.05) is 30.3 Å². The molecule has 0 radical (unpaired) electrons. The van der Waals surface area contributed by atoms with Gasteiger partial charge in [0.25, 0.3) is 10.2 Å². The van der Waals surface area contributed by atoms with E-state index >= 15 is 0 Å². The molecule has 0 saturated carbocycles. The fraction of sp³-hybridized carbons (Fsp3) is 0.462. The zero-order valence-corrected chi connectivity index (χ0v) is 12.3. The van der Waals surface area contributed by atoms with Gasteiger partial charge >= 0.3 is 5.97 Å². The molecule has 1 aromatic rings. The van der Waals surface area contributed by atoms with Crippen LogP contribution in [0.15, 0.2) is 30.3 Å². The lowest BCUT2D eigenvalue weighted by Crippen LogP contribution is -2.52. The molecular formula is C13H18N2O5S. The molecule has 0 amide bonds. The monoisotopic (exact) mass is 314 g/mol. The van der Waals surface area contributed by atoms with Crippen molar-refractivity contribution in [1.82, 2.24) is 9.03 Å². The minimum absolute atomic E-state index is 0.0970. The third-order valence-corrected chi connectivity index (χ3v) is 4.81. The van der Waals surface area contributed by atoms with Crippen molar-refractivity contribution in [2.24, 2.45) is 0 Å². The zero-order chi connectivity index (χ0) is 15.3. The van der Waals surface area contributed by atoms with E-state index in [1.807, 2.05) is 6.07 Å². The van der Waals surface area contributed by atoms with Crippen LogP contribution in [-0.2, 0) is 26.2 Å². The summed E-state index contributed by atoms with van der Waals surface area (Å²) in [5.74, 6) is -1.20. The van der Waals surface area contributed by atoms with Crippen molar-refractivity contribution < 1.29 is 23.1 Å². The molecule has 7 nitrogen and oxygen atoms in total. The third kappa shape index (κ3) is 4.50. The summed E-state index contributed by atoms with van der Waals surface area (Å²) in [6.45, 7) is 1.09. The molecule has 0 spiro atoms. The number of ether oxygens (including phenoxy) is 1. The van der Waals surface area contributed by atoms with Crippen LogP contribution in [0.4, 0.5) is 0 Å². The van der Waals surface area contributed by atoms with E-state index < -0.39 is 22.2 Å². The summed E-state index contributed by atoms with van der Waals surface area (Å²) in [5.41, 5.74) is 0.759. The maximum absolute atomic E-state index is 12.2. The van der Waals surface area contributed by atoms with Gasteiger partial charge in [-0.2, -0.15) is 17.4 Å². The van der Waals surface area contributed by atoms with Crippen molar-refractivity contribution in [2.75, 3.05) is 26.3 Å². The number of hydrogen-bond donors (Lipinski definition) is 2. The first-order valence-corrected chi connectivity index (χ1v) is 8.05. The predicted molar refractivity (Wildman–Crippen MR) is 76.0 cm³/mol. The number of carboxylic acids is 1. The quantitative estimate of drug-likeness (QED) is 0.761. The molecule has 1 atom stereocenters. The largest absolute Gasteiger partial charge is 0.480 e. The van der Waals surface area contributed by atoms with E-state index in [0.717, 1.165) is 5.56 Å². The van der Waals surface area contributed by atoms with Gasteiger partial charge < -0.3 is 9.84 Å². The van der Waals surface area contributed by atoms with E-state index in [2.05, 4.69) is 4.72 Å². The van der Waals surface area contributed by atoms with Crippen molar-refractivity contribution in [3.05, 3.63) is 35.9 Å². The fourth-order valence-corrected chi connectivity index (χ4v) is 3.39. The molecule has 1 aromatic carbocycles. The average molecular weight is 314 g/mol. The Morgan fingerprint density at radius 3 is 2.48 bits per heavy atom. The number of nitrogens with one attached hydrogen (secondary N) is 1. The summed E-state index contributed by atoms with van der Waals surface area (Å²) in [6, 6.07) is 7.71. The summed E-state index contributed by atoms with van der Waals surface area (Å²) in [5, 5.41) is 9.23. The molecule has 8 heteroatoms. The molecule has 0 unspecified atom stereocenters. The molecule has 0 aromatic heterocycles. The molecule has 0 aliphatic carbocycles. The summed E-state index contributed by atoms with van der Waals surface area (Å²) in [7, 11) is -3.83. The van der Waals surface area contributed by atoms with E-state index in [-0.39, 0.29) is 19.5 Å². The summed E-state index contributed by atoms with van der Waals surface area (Å²) >= 11 is 0. The standard InChI is InChI=1S/C13H18N2O5S/c16-13(17)12(10-11-4-2-1-3-5-11)14-21(18,19)15-6-8-20-9-7-15/h1-5,12,14H,6-10H2,(H,16,17)/t12-/m0/s1. The van der Waals surface area contributed by atoms with Gasteiger partial charge in [0.2, 0.25) is 0 Å². The van der Waals surface area contributed by atoms with Crippen LogP contribution in [0, 0.1) is 0 Å². The van der Waals surface area contributed by atoms with Crippen LogP contribution in [0.3, 0.4) is 0 Å². The highest BCUT2D eigenvalue weighted by molar-refractivity contribution is 7.87. The van der Waals surface area contributed by atoms with E-state index in [9.17, 15) is 18.3 Å². The Morgan fingerprint density at radius 2 is 1.90 bits per heavy atom. The summed E-state index contributed by atoms with van der Waals surface area (Å²) < 4.78 is 32.9. The summed E-state index contributed by atoms with van der Waals surface area (Å²) in [6.07, 6.45) is 0.0970. The number of hydrogen-bond acceptors (Lipinski definition) is 4. The van der Waals surface area contributed by atoms with Crippen LogP contribution in [0.1, 0.15) is 5.56 Å². The number of nitrogens with zero attached hydrogens (tertiary/aromatic N) is 1. The first kappa shape index (κ1) is 15.9. The Kier molecular flexibility index (Phi) is 5.29. The molecule has 0 bridgehead atoms. The average Bonchev–Trinajstić information content (AvgIpc) is 2.48. The lowest BCUT2D eigenvalue weighted by molar-refractivity contribution is -0.138. The second kappa shape index (κ2) is 6.99. The molecule has 1 heterocycles. The SMILES string of the molecule is O=C(O)[C@H](Cc1ccccc1)NS(=O)(=O)N1CCOCC1. The Hall–Kier alpha value is -1.48. The highest BCUT2D eigenvalue weighted by Gasteiger charge is 2.30. The third-order valence-electron chi connectivity index (χ3n) is 3.18. The van der Waals surface area contributed by atoms with Crippen molar-refractivity contribution >= 4 is 16.2 Å². The molecule has 1 fully saturated rings. The first-order valence-electron chi connectivity index (χ1n) is 6.61. The Morgan fingerprint density at radius 1 is 1.29 bits per heavy atom. The fourth-order valence-electron chi connectivity index (χ4n) is 2.07. The van der Waals surface area contributed by atoms with Gasteiger partial charge in [-0.25, -0.2) is 0 Å². The van der Waals surface area contributed by atoms with Gasteiger partial charge in [-0.3, -0.25) is 4.79 Å². The number of aliphatic carboxylic acids is 1. The Labute approximate surface area is 123 Å². The highest BCUT2D eigenvalue weighted by atomic mass is 32.2. The van der Waals surface area contributed by atoms with Crippen molar-refractivity contribution in [1.29, 1.82) is 0 Å². The van der Waals surface area contributed by atoms with E-state index in [0.29, 0.717) is 13.2 Å². The van der Waals surface area contributed by atoms with Crippen LogP contribution in [0.5, 0.6) is 0 Å². The molecule has 1 aliphatic heterocycles. The van der Waals surface area contributed by atoms with Gasteiger partial charge in [0.1, 0.15) is 6.04 Å². The number of rotatable bonds is 6. The maximum atomic E-state index is 12.2. The van der Waals surface area contributed by atoms with Crippen molar-refractivity contribution in [3.8, 4) is 0 Å². The summed E-state index contributed by atoms with van der Waals surface area (Å²) in [4.78, 5) is 11.3. The normalized spacial score (nSPS) is 18.3. The highest BCUT2D eigenvalue weighted by Crippen LogP contribution is 2.08. The molecular weight excluding hydrogens is 296 g/mol. The van der Waals surface area contributed by atoms with Crippen LogP contribution < -0.4 is 4.72 Å². The molecule has 116 valence electrons. The van der Waals surface area contributed by atoms with E-state index in [1.54, 1.807) is 24.3 Å². The van der Waals surface area contributed by atoms with Gasteiger partial charge in [0, 0.05) is 13.1 Å². The van der Waals surface area contributed by atoms with E-state index in [1.165, 1.54) is 4.31 Å². The van der Waals surface area contributed by atoms with Crippen LogP contribution in [0.25, 0.3) is 0 Å². The number of morpholine rings is 1. The second-order valence-corrected chi connectivity index (χ2v) is 6.42. The second-order valence-electron chi connectivity index (χ2n) is 4.71. The molecule has 2 rings (SSSR count). The molecule has 1 aliphatic rings. The predicted octanol–water partition coefficient (Wildman–Crippen LogP) is -0.151. The lowest BCUT2D eigenvalue weighted by Gasteiger charge is -2.27. The number of carbonyl (C=O) groups is 1. The molecule has 1 saturated heterocycles. The van der Waals surface area contributed by atoms with Crippen LogP contribution in [-0.4, -0.2) is 56.1 Å². The van der Waals surface area contributed by atoms with Crippen LogP contribution in [0.2, 0.25) is 0 Å². The Bertz CT molecular complexity index is 569. The maximum Gasteiger partial charge on any atom is 0.322 e. The van der Waals surface area contributed by atoms with Gasteiger partial charge in [-0.05, 0) is 12.0 Å². The molecule has 21 heavy (non-hydrogen) atoms.